The molecule has 0 bridgehead atoms. The minimum atomic E-state index is -1.08. The van der Waals surface area contributed by atoms with E-state index in [1.54, 1.807) is 30.5 Å². The lowest BCUT2D eigenvalue weighted by Crippen LogP contribution is -2.28. The predicted molar refractivity (Wildman–Crippen MR) is 96.6 cm³/mol. The molecule has 2 rings (SSSR count). The van der Waals surface area contributed by atoms with Crippen LogP contribution in [0.1, 0.15) is 30.8 Å². The zero-order valence-corrected chi connectivity index (χ0v) is 15.4. The van der Waals surface area contributed by atoms with Gasteiger partial charge in [0.25, 0.3) is 0 Å². The molecule has 2 N–H and O–H groups in total. The number of aromatic nitrogens is 2. The van der Waals surface area contributed by atoms with Crippen molar-refractivity contribution in [3.63, 3.8) is 0 Å². The van der Waals surface area contributed by atoms with Crippen molar-refractivity contribution < 1.29 is 9.00 Å². The first-order valence-corrected chi connectivity index (χ1v) is 9.54. The molecule has 1 heterocycles. The molecular weight excluding hydrogens is 324 g/mol. The van der Waals surface area contributed by atoms with Crippen LogP contribution < -0.4 is 10.6 Å². The molecule has 7 heteroatoms. The van der Waals surface area contributed by atoms with E-state index in [4.69, 9.17) is 0 Å². The summed E-state index contributed by atoms with van der Waals surface area (Å²) in [7, 11) is 0.852. The van der Waals surface area contributed by atoms with E-state index >= 15 is 0 Å². The molecule has 1 atom stereocenters. The van der Waals surface area contributed by atoms with Crippen molar-refractivity contribution >= 4 is 22.5 Å². The quantitative estimate of drug-likeness (QED) is 0.842. The Morgan fingerprint density at radius 1 is 1.29 bits per heavy atom. The average Bonchev–Trinajstić information content (AvgIpc) is 2.87. The molecule has 2 amide bonds. The Morgan fingerprint density at radius 2 is 2.04 bits per heavy atom. The second-order valence-electron chi connectivity index (χ2n) is 5.49. The first-order chi connectivity index (χ1) is 11.5. The van der Waals surface area contributed by atoms with Gasteiger partial charge in [0.1, 0.15) is 0 Å². The second-order valence-corrected chi connectivity index (χ2v) is 6.87. The number of nitrogens with one attached hydrogen (secondary N) is 2. The third-order valence-corrected chi connectivity index (χ3v) is 4.80. The van der Waals surface area contributed by atoms with Gasteiger partial charge in [-0.15, -0.1) is 0 Å². The number of hydrogen-bond acceptors (Lipinski definition) is 3. The molecule has 1 aromatic heterocycles. The zero-order chi connectivity index (χ0) is 17.7. The number of nitrogens with zero attached hydrogens (tertiary/aromatic N) is 2. The van der Waals surface area contributed by atoms with Crippen molar-refractivity contribution in [3.05, 3.63) is 41.2 Å². The van der Waals surface area contributed by atoms with Crippen LogP contribution in [0.3, 0.4) is 0 Å². The van der Waals surface area contributed by atoms with Crippen LogP contribution >= 0.6 is 0 Å². The van der Waals surface area contributed by atoms with Gasteiger partial charge in [-0.3, -0.25) is 8.89 Å². The van der Waals surface area contributed by atoms with Crippen LogP contribution in [0.25, 0.3) is 0 Å². The highest BCUT2D eigenvalue weighted by atomic mass is 32.2. The highest BCUT2D eigenvalue weighted by Gasteiger charge is 2.14. The second kappa shape index (κ2) is 8.10. The molecule has 0 aliphatic rings. The summed E-state index contributed by atoms with van der Waals surface area (Å²) in [4.78, 5) is 12.8. The molecule has 0 fully saturated rings. The predicted octanol–water partition coefficient (Wildman–Crippen LogP) is 2.60. The van der Waals surface area contributed by atoms with Crippen LogP contribution in [0.2, 0.25) is 0 Å². The SMILES string of the molecule is CCc1nn(C)c(CC)c1CNC(=O)Nc1cccc([S@@](C)=O)c1. The standard InChI is InChI=1S/C17H24N4O2S/c1-5-15-14(16(6-2)21(3)20-15)11-18-17(22)19-12-8-7-9-13(10-12)24(4)23/h7-10H,5-6,11H2,1-4H3,(H2,18,19,22)/t24-/m1/s1. The van der Waals surface area contributed by atoms with E-state index < -0.39 is 10.8 Å². The van der Waals surface area contributed by atoms with Crippen molar-refractivity contribution in [2.24, 2.45) is 7.05 Å². The van der Waals surface area contributed by atoms with Gasteiger partial charge < -0.3 is 10.6 Å². The molecule has 0 saturated heterocycles. The highest BCUT2D eigenvalue weighted by molar-refractivity contribution is 7.84. The molecule has 0 aliphatic carbocycles. The Bertz CT molecular complexity index is 755. The van der Waals surface area contributed by atoms with Gasteiger partial charge in [-0.2, -0.15) is 5.10 Å². The fourth-order valence-corrected chi connectivity index (χ4v) is 3.25. The van der Waals surface area contributed by atoms with E-state index in [1.165, 1.54) is 0 Å². The lowest BCUT2D eigenvalue weighted by atomic mass is 10.1. The van der Waals surface area contributed by atoms with Crippen LogP contribution in [0, 0.1) is 0 Å². The molecule has 24 heavy (non-hydrogen) atoms. The van der Waals surface area contributed by atoms with Crippen molar-refractivity contribution in [2.75, 3.05) is 11.6 Å². The van der Waals surface area contributed by atoms with E-state index in [0.717, 1.165) is 29.8 Å². The van der Waals surface area contributed by atoms with Gasteiger partial charge >= 0.3 is 6.03 Å². The van der Waals surface area contributed by atoms with Gasteiger partial charge in [0.2, 0.25) is 0 Å². The fraction of sp³-hybridized carbons (Fsp3) is 0.412. The van der Waals surface area contributed by atoms with E-state index in [1.807, 2.05) is 11.7 Å². The van der Waals surface area contributed by atoms with Crippen LogP contribution in [-0.4, -0.2) is 26.3 Å². The molecule has 0 radical (unpaired) electrons. The Balaban J connectivity index is 2.04. The maximum atomic E-state index is 12.1. The van der Waals surface area contributed by atoms with Gasteiger partial charge in [0.05, 0.1) is 5.69 Å². The average molecular weight is 348 g/mol. The zero-order valence-electron chi connectivity index (χ0n) is 14.5. The summed E-state index contributed by atoms with van der Waals surface area (Å²) in [6.45, 7) is 4.57. The van der Waals surface area contributed by atoms with E-state index in [9.17, 15) is 9.00 Å². The normalized spacial score (nSPS) is 12.0. The van der Waals surface area contributed by atoms with E-state index in [-0.39, 0.29) is 6.03 Å². The van der Waals surface area contributed by atoms with E-state index in [2.05, 4.69) is 29.6 Å². The molecule has 0 aliphatic heterocycles. The first kappa shape index (κ1) is 18.2. The minimum absolute atomic E-state index is 0.290. The van der Waals surface area contributed by atoms with Crippen LogP contribution in [-0.2, 0) is 37.2 Å². The summed E-state index contributed by atoms with van der Waals surface area (Å²) in [5.41, 5.74) is 3.85. The first-order valence-electron chi connectivity index (χ1n) is 7.98. The van der Waals surface area contributed by atoms with Crippen molar-refractivity contribution in [2.45, 2.75) is 38.1 Å². The number of urea groups is 1. The summed E-state index contributed by atoms with van der Waals surface area (Å²) >= 11 is 0. The summed E-state index contributed by atoms with van der Waals surface area (Å²) in [6.07, 6.45) is 3.31. The van der Waals surface area contributed by atoms with Crippen LogP contribution in [0.15, 0.2) is 29.2 Å². The maximum Gasteiger partial charge on any atom is 0.319 e. The van der Waals surface area contributed by atoms with Crippen LogP contribution in [0.4, 0.5) is 10.5 Å². The van der Waals surface area contributed by atoms with Gasteiger partial charge in [-0.1, -0.05) is 19.9 Å². The Morgan fingerprint density at radius 3 is 2.67 bits per heavy atom. The largest absolute Gasteiger partial charge is 0.334 e. The van der Waals surface area contributed by atoms with Gasteiger partial charge in [0, 0.05) is 52.5 Å². The highest BCUT2D eigenvalue weighted by Crippen LogP contribution is 2.16. The smallest absolute Gasteiger partial charge is 0.319 e. The number of carbonyl (C=O) groups excluding carboxylic acids is 1. The van der Waals surface area contributed by atoms with Crippen LogP contribution in [0.5, 0.6) is 0 Å². The molecule has 6 nitrogen and oxygen atoms in total. The maximum absolute atomic E-state index is 12.1. The number of carbonyl (C=O) groups is 1. The number of amides is 2. The summed E-state index contributed by atoms with van der Waals surface area (Å²) < 4.78 is 13.4. The number of anilines is 1. The molecule has 0 unspecified atom stereocenters. The molecule has 0 saturated carbocycles. The van der Waals surface area contributed by atoms with Crippen molar-refractivity contribution in [1.82, 2.24) is 15.1 Å². The molecule has 130 valence electrons. The summed E-state index contributed by atoms with van der Waals surface area (Å²) in [6, 6.07) is 6.75. The fourth-order valence-electron chi connectivity index (χ4n) is 2.69. The summed E-state index contributed by atoms with van der Waals surface area (Å²) in [5.74, 6) is 0. The summed E-state index contributed by atoms with van der Waals surface area (Å²) in [5, 5.41) is 10.2. The van der Waals surface area contributed by atoms with Crippen molar-refractivity contribution in [3.8, 4) is 0 Å². The Labute approximate surface area is 145 Å². The lowest BCUT2D eigenvalue weighted by molar-refractivity contribution is 0.251. The van der Waals surface area contributed by atoms with Gasteiger partial charge in [-0.25, -0.2) is 4.79 Å². The monoisotopic (exact) mass is 348 g/mol. The molecular formula is C17H24N4O2S. The van der Waals surface area contributed by atoms with E-state index in [0.29, 0.717) is 17.1 Å². The Hall–Kier alpha value is -2.15. The molecule has 1 aromatic carbocycles. The Kier molecular flexibility index (Phi) is 6.14. The third kappa shape index (κ3) is 4.23. The molecule has 2 aromatic rings. The molecule has 0 spiro atoms. The topological polar surface area (TPSA) is 76.0 Å². The third-order valence-electron chi connectivity index (χ3n) is 3.88. The van der Waals surface area contributed by atoms with Crippen molar-refractivity contribution in [1.29, 1.82) is 0 Å². The number of aryl methyl sites for hydroxylation is 2. The minimum Gasteiger partial charge on any atom is -0.334 e. The van der Waals surface area contributed by atoms with Gasteiger partial charge in [0.15, 0.2) is 0 Å². The van der Waals surface area contributed by atoms with Gasteiger partial charge in [-0.05, 0) is 31.0 Å². The number of benzene rings is 1. The number of hydrogen-bond donors (Lipinski definition) is 2. The number of rotatable bonds is 6. The lowest BCUT2D eigenvalue weighted by Gasteiger charge is -2.10.